The molecule has 0 aromatic rings. The van der Waals surface area contributed by atoms with Crippen LogP contribution in [0.15, 0.2) is 0 Å². The van der Waals surface area contributed by atoms with Gasteiger partial charge in [-0.3, -0.25) is 19.3 Å². The largest absolute Gasteiger partial charge is 0.385 e. The number of methoxy groups -OCH3 is 1. The number of imide groups is 1. The van der Waals surface area contributed by atoms with Gasteiger partial charge in [0.15, 0.2) is 0 Å². The topological polar surface area (TPSA) is 75.7 Å². The van der Waals surface area contributed by atoms with Crippen LogP contribution in [-0.2, 0) is 19.1 Å². The number of hydrogen-bond acceptors (Lipinski definition) is 4. The Balaban J connectivity index is 2.16. The molecule has 19 heavy (non-hydrogen) atoms. The van der Waals surface area contributed by atoms with Crippen LogP contribution in [0.3, 0.4) is 0 Å². The molecule has 1 fully saturated rings. The van der Waals surface area contributed by atoms with Crippen molar-refractivity contribution in [1.29, 1.82) is 0 Å². The molecule has 1 N–H and O–H groups in total. The molecule has 1 rings (SSSR count). The van der Waals surface area contributed by atoms with Crippen LogP contribution in [0.5, 0.6) is 0 Å². The number of amides is 3. The highest BCUT2D eigenvalue weighted by atomic mass is 16.5. The van der Waals surface area contributed by atoms with Crippen molar-refractivity contribution < 1.29 is 19.1 Å². The van der Waals surface area contributed by atoms with Gasteiger partial charge in [-0.2, -0.15) is 0 Å². The molecule has 6 nitrogen and oxygen atoms in total. The number of nitrogens with one attached hydrogen (secondary N) is 1. The SMILES string of the molecule is COCCCCNC(=O)CCN1C(=O)CC(C)C1=O. The summed E-state index contributed by atoms with van der Waals surface area (Å²) in [5.74, 6) is -0.717. The van der Waals surface area contributed by atoms with Gasteiger partial charge in [-0.25, -0.2) is 0 Å². The van der Waals surface area contributed by atoms with E-state index in [1.807, 2.05) is 0 Å². The lowest BCUT2D eigenvalue weighted by atomic mass is 10.1. The molecule has 3 amide bonds. The molecule has 0 aliphatic carbocycles. The summed E-state index contributed by atoms with van der Waals surface area (Å²) in [4.78, 5) is 35.8. The molecule has 1 aliphatic rings. The van der Waals surface area contributed by atoms with Crippen molar-refractivity contribution in [2.45, 2.75) is 32.6 Å². The maximum Gasteiger partial charge on any atom is 0.232 e. The third-order valence-electron chi connectivity index (χ3n) is 3.13. The van der Waals surface area contributed by atoms with Crippen LogP contribution in [0.1, 0.15) is 32.6 Å². The molecule has 0 radical (unpaired) electrons. The first-order valence-electron chi connectivity index (χ1n) is 6.66. The number of likely N-dealkylation sites (tertiary alicyclic amines) is 1. The van der Waals surface area contributed by atoms with Gasteiger partial charge in [0.25, 0.3) is 0 Å². The molecule has 1 unspecified atom stereocenters. The molecule has 1 atom stereocenters. The molecule has 108 valence electrons. The molecule has 0 aromatic heterocycles. The van der Waals surface area contributed by atoms with Crippen molar-refractivity contribution in [3.63, 3.8) is 0 Å². The molecule has 1 aliphatic heterocycles. The Morgan fingerprint density at radius 2 is 2.16 bits per heavy atom. The van der Waals surface area contributed by atoms with Crippen LogP contribution in [0, 0.1) is 5.92 Å². The summed E-state index contributed by atoms with van der Waals surface area (Å²) in [5.41, 5.74) is 0. The van der Waals surface area contributed by atoms with Gasteiger partial charge in [0.05, 0.1) is 0 Å². The van der Waals surface area contributed by atoms with Crippen LogP contribution in [0.2, 0.25) is 0 Å². The van der Waals surface area contributed by atoms with E-state index < -0.39 is 0 Å². The smallest absolute Gasteiger partial charge is 0.232 e. The third-order valence-corrected chi connectivity index (χ3v) is 3.13. The number of ether oxygens (including phenoxy) is 1. The van der Waals surface area contributed by atoms with Gasteiger partial charge in [-0.15, -0.1) is 0 Å². The average molecular weight is 270 g/mol. The molecule has 0 spiro atoms. The molecular formula is C13H22N2O4. The second-order valence-electron chi connectivity index (χ2n) is 4.79. The Labute approximate surface area is 113 Å². The van der Waals surface area contributed by atoms with Crippen molar-refractivity contribution in [3.05, 3.63) is 0 Å². The minimum atomic E-state index is -0.246. The van der Waals surface area contributed by atoms with E-state index >= 15 is 0 Å². The molecule has 1 saturated heterocycles. The van der Waals surface area contributed by atoms with Gasteiger partial charge < -0.3 is 10.1 Å². The van der Waals surface area contributed by atoms with E-state index in [9.17, 15) is 14.4 Å². The minimum absolute atomic E-state index is 0.127. The molecule has 0 aromatic carbocycles. The van der Waals surface area contributed by atoms with Crippen molar-refractivity contribution in [3.8, 4) is 0 Å². The van der Waals surface area contributed by atoms with Gasteiger partial charge in [-0.05, 0) is 12.8 Å². The van der Waals surface area contributed by atoms with E-state index in [1.165, 1.54) is 4.90 Å². The van der Waals surface area contributed by atoms with E-state index in [2.05, 4.69) is 5.32 Å². The summed E-state index contributed by atoms with van der Waals surface area (Å²) in [7, 11) is 1.64. The number of unbranched alkanes of at least 4 members (excludes halogenated alkanes) is 1. The normalized spacial score (nSPS) is 19.1. The number of carbonyl (C=O) groups excluding carboxylic acids is 3. The van der Waals surface area contributed by atoms with Gasteiger partial charge in [0, 0.05) is 45.6 Å². The van der Waals surface area contributed by atoms with Gasteiger partial charge in [0.1, 0.15) is 0 Å². The zero-order chi connectivity index (χ0) is 14.3. The van der Waals surface area contributed by atoms with Crippen LogP contribution in [0.4, 0.5) is 0 Å². The molecule has 0 saturated carbocycles. The van der Waals surface area contributed by atoms with E-state index in [0.29, 0.717) is 13.2 Å². The zero-order valence-corrected chi connectivity index (χ0v) is 11.6. The first-order valence-corrected chi connectivity index (χ1v) is 6.66. The highest BCUT2D eigenvalue weighted by Gasteiger charge is 2.35. The van der Waals surface area contributed by atoms with Gasteiger partial charge in [0.2, 0.25) is 17.7 Å². The number of rotatable bonds is 8. The lowest BCUT2D eigenvalue weighted by Gasteiger charge is -2.13. The Morgan fingerprint density at radius 3 is 2.74 bits per heavy atom. The molecule has 1 heterocycles. The second-order valence-corrected chi connectivity index (χ2v) is 4.79. The number of carbonyl (C=O) groups is 3. The standard InChI is InChI=1S/C13H22N2O4/c1-10-9-12(17)15(13(10)18)7-5-11(16)14-6-3-4-8-19-2/h10H,3-9H2,1-2H3,(H,14,16). The van der Waals surface area contributed by atoms with Crippen molar-refractivity contribution in [2.75, 3.05) is 26.8 Å². The Bertz CT molecular complexity index is 344. The van der Waals surface area contributed by atoms with Gasteiger partial charge in [-0.1, -0.05) is 6.92 Å². The van der Waals surface area contributed by atoms with E-state index in [-0.39, 0.29) is 43.0 Å². The van der Waals surface area contributed by atoms with Crippen LogP contribution < -0.4 is 5.32 Å². The summed E-state index contributed by atoms with van der Waals surface area (Å²) in [6.45, 7) is 3.20. The summed E-state index contributed by atoms with van der Waals surface area (Å²) in [5, 5.41) is 2.76. The summed E-state index contributed by atoms with van der Waals surface area (Å²) in [6.07, 6.45) is 2.20. The fraction of sp³-hybridized carbons (Fsp3) is 0.769. The van der Waals surface area contributed by atoms with Crippen molar-refractivity contribution >= 4 is 17.7 Å². The maximum atomic E-state index is 11.6. The average Bonchev–Trinajstić information content (AvgIpc) is 2.61. The second kappa shape index (κ2) is 7.89. The predicted octanol–water partition coefficient (Wildman–Crippen LogP) is 0.314. The fourth-order valence-corrected chi connectivity index (χ4v) is 1.98. The monoisotopic (exact) mass is 270 g/mol. The van der Waals surface area contributed by atoms with Crippen molar-refractivity contribution in [2.24, 2.45) is 5.92 Å². The molecular weight excluding hydrogens is 248 g/mol. The minimum Gasteiger partial charge on any atom is -0.385 e. The Morgan fingerprint density at radius 1 is 1.42 bits per heavy atom. The van der Waals surface area contributed by atoms with Crippen LogP contribution in [-0.4, -0.2) is 49.4 Å². The predicted molar refractivity (Wildman–Crippen MR) is 69.2 cm³/mol. The van der Waals surface area contributed by atoms with Gasteiger partial charge >= 0.3 is 0 Å². The summed E-state index contributed by atoms with van der Waals surface area (Å²) < 4.78 is 4.90. The number of nitrogens with zero attached hydrogens (tertiary/aromatic N) is 1. The maximum absolute atomic E-state index is 11.6. The molecule has 6 heteroatoms. The first-order chi connectivity index (χ1) is 9.06. The quantitative estimate of drug-likeness (QED) is 0.509. The lowest BCUT2D eigenvalue weighted by Crippen LogP contribution is -2.35. The van der Waals surface area contributed by atoms with E-state index in [4.69, 9.17) is 4.74 Å². The lowest BCUT2D eigenvalue weighted by molar-refractivity contribution is -0.139. The Kier molecular flexibility index (Phi) is 6.49. The number of hydrogen-bond donors (Lipinski definition) is 1. The fourth-order valence-electron chi connectivity index (χ4n) is 1.98. The zero-order valence-electron chi connectivity index (χ0n) is 11.6. The summed E-state index contributed by atoms with van der Waals surface area (Å²) >= 11 is 0. The van der Waals surface area contributed by atoms with Crippen LogP contribution >= 0.6 is 0 Å². The van der Waals surface area contributed by atoms with Crippen molar-refractivity contribution in [1.82, 2.24) is 10.2 Å². The van der Waals surface area contributed by atoms with Crippen LogP contribution in [0.25, 0.3) is 0 Å². The first kappa shape index (κ1) is 15.6. The highest BCUT2D eigenvalue weighted by molar-refractivity contribution is 6.03. The van der Waals surface area contributed by atoms with E-state index in [0.717, 1.165) is 12.8 Å². The van der Waals surface area contributed by atoms with E-state index in [1.54, 1.807) is 14.0 Å². The highest BCUT2D eigenvalue weighted by Crippen LogP contribution is 2.18. The molecule has 0 bridgehead atoms. The summed E-state index contributed by atoms with van der Waals surface area (Å²) in [6, 6.07) is 0. The Hall–Kier alpha value is -1.43. The third kappa shape index (κ3) is 4.98.